The molecule has 2 N–H and O–H groups in total. The zero-order chi connectivity index (χ0) is 23.5. The average Bonchev–Trinajstić information content (AvgIpc) is 2.79. The van der Waals surface area contributed by atoms with E-state index in [0.29, 0.717) is 23.6 Å². The van der Waals surface area contributed by atoms with Crippen molar-refractivity contribution in [1.29, 1.82) is 0 Å². The molecule has 1 heterocycles. The molecule has 0 spiro atoms. The first-order chi connectivity index (χ1) is 15.2. The maximum absolute atomic E-state index is 13.2. The molecule has 32 heavy (non-hydrogen) atoms. The zero-order valence-corrected chi connectivity index (χ0v) is 19.3. The van der Waals surface area contributed by atoms with E-state index in [1.807, 2.05) is 20.8 Å². The summed E-state index contributed by atoms with van der Waals surface area (Å²) >= 11 is 0. The van der Waals surface area contributed by atoms with Gasteiger partial charge in [0.05, 0.1) is 17.2 Å². The number of nitrogens with one attached hydrogen (secondary N) is 2. The lowest BCUT2D eigenvalue weighted by molar-refractivity contribution is 0.0938. The fraction of sp³-hybridized carbons (Fsp3) is 0.304. The third-order valence-corrected chi connectivity index (χ3v) is 7.04. The number of aromatic amines is 1. The Hall–Kier alpha value is -3.33. The number of hydrogen-bond donors (Lipinski definition) is 2. The minimum atomic E-state index is -3.94. The van der Waals surface area contributed by atoms with Crippen LogP contribution in [0.15, 0.2) is 58.4 Å². The molecule has 0 saturated carbocycles. The lowest BCUT2D eigenvalue weighted by Crippen LogP contribution is -2.35. The van der Waals surface area contributed by atoms with Gasteiger partial charge in [0, 0.05) is 30.2 Å². The van der Waals surface area contributed by atoms with Crippen molar-refractivity contribution >= 4 is 32.5 Å². The number of anilines is 1. The number of aromatic nitrogens is 1. The molecule has 0 fully saturated rings. The summed E-state index contributed by atoms with van der Waals surface area (Å²) in [6.07, 6.45) is 2.07. The van der Waals surface area contributed by atoms with Crippen LogP contribution in [0.3, 0.4) is 0 Å². The van der Waals surface area contributed by atoms with E-state index in [2.05, 4.69) is 10.3 Å². The third-order valence-electron chi connectivity index (χ3n) is 5.26. The van der Waals surface area contributed by atoms with Gasteiger partial charge < -0.3 is 15.0 Å². The van der Waals surface area contributed by atoms with Crippen LogP contribution in [0.1, 0.15) is 37.6 Å². The van der Waals surface area contributed by atoms with Gasteiger partial charge in [0.1, 0.15) is 11.3 Å². The van der Waals surface area contributed by atoms with Crippen LogP contribution in [-0.2, 0) is 10.0 Å². The zero-order valence-electron chi connectivity index (χ0n) is 18.5. The van der Waals surface area contributed by atoms with Gasteiger partial charge in [-0.05, 0) is 62.7 Å². The molecule has 0 bridgehead atoms. The Bertz CT molecular complexity index is 1280. The van der Waals surface area contributed by atoms with Crippen molar-refractivity contribution in [3.05, 3.63) is 64.4 Å². The van der Waals surface area contributed by atoms with Crippen molar-refractivity contribution in [3.63, 3.8) is 0 Å². The fourth-order valence-corrected chi connectivity index (χ4v) is 4.37. The number of carbonyl (C=O) groups excluding carboxylic acids is 1. The summed E-state index contributed by atoms with van der Waals surface area (Å²) in [5, 5.41) is 2.88. The number of sulfonamides is 1. The summed E-state index contributed by atoms with van der Waals surface area (Å²) in [5.41, 5.74) is 0.300. The second kappa shape index (κ2) is 9.44. The van der Waals surface area contributed by atoms with Crippen LogP contribution in [0, 0.1) is 0 Å². The summed E-state index contributed by atoms with van der Waals surface area (Å²) in [4.78, 5) is 28.3. The quantitative estimate of drug-likeness (QED) is 0.540. The molecule has 0 radical (unpaired) electrons. The first-order valence-corrected chi connectivity index (χ1v) is 11.8. The number of pyridine rings is 1. The maximum atomic E-state index is 13.2. The monoisotopic (exact) mass is 457 g/mol. The minimum Gasteiger partial charge on any atom is -0.494 e. The van der Waals surface area contributed by atoms with Crippen molar-refractivity contribution in [3.8, 4) is 5.75 Å². The van der Waals surface area contributed by atoms with Crippen LogP contribution < -0.4 is 19.8 Å². The molecule has 0 aliphatic heterocycles. The molecule has 0 saturated heterocycles. The van der Waals surface area contributed by atoms with Gasteiger partial charge in [-0.3, -0.25) is 13.9 Å². The van der Waals surface area contributed by atoms with Gasteiger partial charge in [-0.25, -0.2) is 8.42 Å². The second-order valence-electron chi connectivity index (χ2n) is 7.42. The molecule has 3 rings (SSSR count). The van der Waals surface area contributed by atoms with Crippen LogP contribution in [0.5, 0.6) is 5.75 Å². The Labute approximate surface area is 187 Å². The number of fused-ring (bicyclic) bond motifs is 1. The molecular formula is C23H27N3O5S. The predicted molar refractivity (Wildman–Crippen MR) is 125 cm³/mol. The molecule has 1 atom stereocenters. The molecule has 0 aliphatic rings. The maximum Gasteiger partial charge on any atom is 0.264 e. The van der Waals surface area contributed by atoms with E-state index in [1.54, 1.807) is 24.3 Å². The van der Waals surface area contributed by atoms with Gasteiger partial charge >= 0.3 is 0 Å². The van der Waals surface area contributed by atoms with Gasteiger partial charge in [0.2, 0.25) is 5.43 Å². The van der Waals surface area contributed by atoms with Crippen molar-refractivity contribution in [2.75, 3.05) is 18.0 Å². The standard InChI is InChI=1S/C23H27N3O5S/c1-5-15(3)25-23(28)20-14-24-21-12-11-18(13-19(21)22(20)27)32(29,30)26(4)16-7-9-17(10-8-16)31-6-2/h7-15H,5-6H2,1-4H3,(H,24,27)(H,25,28)/t15-/m0/s1. The largest absolute Gasteiger partial charge is 0.494 e. The summed E-state index contributed by atoms with van der Waals surface area (Å²) in [6.45, 7) is 6.14. The van der Waals surface area contributed by atoms with Crippen molar-refractivity contribution in [2.45, 2.75) is 38.1 Å². The molecule has 9 heteroatoms. The Balaban J connectivity index is 1.99. The SMILES string of the molecule is CCOc1ccc(N(C)S(=O)(=O)c2ccc3[nH]cc(C(=O)N[C@@H](C)CC)c(=O)c3c2)cc1. The van der Waals surface area contributed by atoms with Gasteiger partial charge in [-0.1, -0.05) is 6.92 Å². The van der Waals surface area contributed by atoms with E-state index in [4.69, 9.17) is 4.74 Å². The van der Waals surface area contributed by atoms with E-state index >= 15 is 0 Å². The molecule has 3 aromatic rings. The Morgan fingerprint density at radius 1 is 1.16 bits per heavy atom. The molecule has 170 valence electrons. The molecule has 0 unspecified atom stereocenters. The predicted octanol–water partition coefficient (Wildman–Crippen LogP) is 3.28. The summed E-state index contributed by atoms with van der Waals surface area (Å²) in [7, 11) is -2.50. The highest BCUT2D eigenvalue weighted by Crippen LogP contribution is 2.25. The van der Waals surface area contributed by atoms with Crippen molar-refractivity contribution in [2.24, 2.45) is 0 Å². The second-order valence-corrected chi connectivity index (χ2v) is 9.39. The van der Waals surface area contributed by atoms with Gasteiger partial charge in [-0.2, -0.15) is 0 Å². The third kappa shape index (κ3) is 4.62. The number of H-pyrrole nitrogens is 1. The summed E-state index contributed by atoms with van der Waals surface area (Å²) < 4.78 is 32.9. The molecular weight excluding hydrogens is 430 g/mol. The Morgan fingerprint density at radius 2 is 1.84 bits per heavy atom. The summed E-state index contributed by atoms with van der Waals surface area (Å²) in [5.74, 6) is 0.143. The van der Waals surface area contributed by atoms with Crippen LogP contribution in [0.4, 0.5) is 5.69 Å². The molecule has 0 aliphatic carbocycles. The topological polar surface area (TPSA) is 109 Å². The minimum absolute atomic E-state index is 0.0497. The molecule has 1 aromatic heterocycles. The number of amides is 1. The van der Waals surface area contributed by atoms with Crippen LogP contribution in [0.25, 0.3) is 10.9 Å². The normalized spacial score (nSPS) is 12.4. The van der Waals surface area contributed by atoms with E-state index in [1.165, 1.54) is 31.4 Å². The van der Waals surface area contributed by atoms with E-state index < -0.39 is 21.4 Å². The smallest absolute Gasteiger partial charge is 0.264 e. The molecule has 1 amide bonds. The van der Waals surface area contributed by atoms with Crippen molar-refractivity contribution < 1.29 is 17.9 Å². The number of ether oxygens (including phenoxy) is 1. The Kier molecular flexibility index (Phi) is 6.88. The molecule has 2 aromatic carbocycles. The highest BCUT2D eigenvalue weighted by molar-refractivity contribution is 7.92. The number of rotatable bonds is 8. The summed E-state index contributed by atoms with van der Waals surface area (Å²) in [6, 6.07) is 10.8. The average molecular weight is 458 g/mol. The molecule has 8 nitrogen and oxygen atoms in total. The number of benzene rings is 2. The fourth-order valence-electron chi connectivity index (χ4n) is 3.15. The van der Waals surface area contributed by atoms with E-state index in [-0.39, 0.29) is 21.9 Å². The Morgan fingerprint density at radius 3 is 2.47 bits per heavy atom. The number of nitrogens with zero attached hydrogens (tertiary/aromatic N) is 1. The van der Waals surface area contributed by atoms with E-state index in [0.717, 1.165) is 10.7 Å². The van der Waals surface area contributed by atoms with E-state index in [9.17, 15) is 18.0 Å². The van der Waals surface area contributed by atoms with Gasteiger partial charge in [0.25, 0.3) is 15.9 Å². The highest BCUT2D eigenvalue weighted by atomic mass is 32.2. The highest BCUT2D eigenvalue weighted by Gasteiger charge is 2.23. The number of carbonyl (C=O) groups is 1. The lowest BCUT2D eigenvalue weighted by atomic mass is 10.1. The van der Waals surface area contributed by atoms with Crippen LogP contribution in [-0.4, -0.2) is 39.0 Å². The first-order valence-electron chi connectivity index (χ1n) is 10.4. The van der Waals surface area contributed by atoms with Crippen molar-refractivity contribution in [1.82, 2.24) is 10.3 Å². The van der Waals surface area contributed by atoms with Crippen LogP contribution in [0.2, 0.25) is 0 Å². The lowest BCUT2D eigenvalue weighted by Gasteiger charge is -2.20. The van der Waals surface area contributed by atoms with Gasteiger partial charge in [-0.15, -0.1) is 0 Å². The van der Waals surface area contributed by atoms with Crippen LogP contribution >= 0.6 is 0 Å². The van der Waals surface area contributed by atoms with Gasteiger partial charge in [0.15, 0.2) is 0 Å². The first kappa shape index (κ1) is 23.3. The number of hydrogen-bond acceptors (Lipinski definition) is 5.